The first-order valence-corrected chi connectivity index (χ1v) is 13.9. The van der Waals surface area contributed by atoms with Crippen LogP contribution in [0.25, 0.3) is 11.2 Å². The number of aromatic nitrogens is 4. The second-order valence-corrected chi connectivity index (χ2v) is 14.2. The summed E-state index contributed by atoms with van der Waals surface area (Å²) in [4.78, 5) is 23.3. The SMILES string of the molecule is C=CC[C@@]1(O[Si](c2ccccc2)(c2ccccc2)C(C)(C)C)C=C[C@H](n2cnc3c(=O)[nH]cnc32)O1. The van der Waals surface area contributed by atoms with Crippen molar-refractivity contribution in [2.45, 2.75) is 44.2 Å². The quantitative estimate of drug-likeness (QED) is 0.307. The van der Waals surface area contributed by atoms with Crippen molar-refractivity contribution in [3.05, 3.63) is 108 Å². The van der Waals surface area contributed by atoms with Crippen molar-refractivity contribution in [1.29, 1.82) is 0 Å². The van der Waals surface area contributed by atoms with Gasteiger partial charge in [0.15, 0.2) is 23.2 Å². The van der Waals surface area contributed by atoms with Crippen LogP contribution in [-0.4, -0.2) is 33.6 Å². The topological polar surface area (TPSA) is 82.0 Å². The van der Waals surface area contributed by atoms with E-state index in [0.717, 1.165) is 10.4 Å². The summed E-state index contributed by atoms with van der Waals surface area (Å²) in [7, 11) is -2.92. The van der Waals surface area contributed by atoms with Gasteiger partial charge in [0.25, 0.3) is 13.9 Å². The van der Waals surface area contributed by atoms with Gasteiger partial charge in [-0.1, -0.05) is 87.5 Å². The molecule has 184 valence electrons. The molecule has 0 spiro atoms. The third-order valence-electron chi connectivity index (χ3n) is 6.65. The summed E-state index contributed by atoms with van der Waals surface area (Å²) in [6.07, 6.45) is 8.59. The zero-order chi connectivity index (χ0) is 25.4. The molecule has 0 bridgehead atoms. The molecular formula is C28H30N4O3Si. The van der Waals surface area contributed by atoms with Crippen LogP contribution >= 0.6 is 0 Å². The summed E-state index contributed by atoms with van der Waals surface area (Å²) in [5.41, 5.74) is 0.429. The van der Waals surface area contributed by atoms with Crippen LogP contribution in [0.4, 0.5) is 0 Å². The molecular weight excluding hydrogens is 468 g/mol. The molecule has 2 atom stereocenters. The van der Waals surface area contributed by atoms with Crippen LogP contribution in [-0.2, 0) is 9.16 Å². The second kappa shape index (κ2) is 9.13. The Morgan fingerprint density at radius 2 is 1.75 bits per heavy atom. The van der Waals surface area contributed by atoms with Gasteiger partial charge in [-0.25, -0.2) is 9.97 Å². The van der Waals surface area contributed by atoms with E-state index in [1.54, 1.807) is 10.9 Å². The molecule has 0 saturated carbocycles. The number of hydrogen-bond acceptors (Lipinski definition) is 5. The Hall–Kier alpha value is -3.59. The Bertz CT molecular complexity index is 1420. The van der Waals surface area contributed by atoms with Gasteiger partial charge in [-0.3, -0.25) is 9.36 Å². The lowest BCUT2D eigenvalue weighted by molar-refractivity contribution is -0.173. The maximum Gasteiger partial charge on any atom is 0.278 e. The van der Waals surface area contributed by atoms with Gasteiger partial charge in [0, 0.05) is 6.42 Å². The van der Waals surface area contributed by atoms with E-state index in [9.17, 15) is 4.79 Å². The van der Waals surface area contributed by atoms with Gasteiger partial charge in [-0.05, 0) is 27.6 Å². The van der Waals surface area contributed by atoms with E-state index in [0.29, 0.717) is 12.1 Å². The summed E-state index contributed by atoms with van der Waals surface area (Å²) in [6, 6.07) is 20.9. The third kappa shape index (κ3) is 3.97. The van der Waals surface area contributed by atoms with Crippen LogP contribution in [0.2, 0.25) is 5.04 Å². The average molecular weight is 499 g/mol. The molecule has 4 aromatic rings. The zero-order valence-corrected chi connectivity index (χ0v) is 21.7. The minimum absolute atomic E-state index is 0.226. The fourth-order valence-electron chi connectivity index (χ4n) is 5.04. The lowest BCUT2D eigenvalue weighted by Crippen LogP contribution is -2.69. The Morgan fingerprint density at radius 1 is 1.11 bits per heavy atom. The molecule has 0 aliphatic carbocycles. The first-order chi connectivity index (χ1) is 17.3. The van der Waals surface area contributed by atoms with E-state index in [1.165, 1.54) is 6.33 Å². The fourth-order valence-corrected chi connectivity index (χ4v) is 9.69. The minimum Gasteiger partial charge on any atom is -0.377 e. The van der Waals surface area contributed by atoms with Gasteiger partial charge in [0.1, 0.15) is 0 Å². The van der Waals surface area contributed by atoms with Crippen molar-refractivity contribution < 1.29 is 9.16 Å². The van der Waals surface area contributed by atoms with E-state index in [4.69, 9.17) is 9.16 Å². The molecule has 0 amide bonds. The van der Waals surface area contributed by atoms with Crippen LogP contribution in [0.15, 0.2) is 103 Å². The van der Waals surface area contributed by atoms with Crippen LogP contribution in [0.3, 0.4) is 0 Å². The molecule has 0 fully saturated rings. The number of rotatable bonds is 7. The number of ether oxygens (including phenoxy) is 1. The minimum atomic E-state index is -2.92. The van der Waals surface area contributed by atoms with E-state index < -0.39 is 20.3 Å². The highest BCUT2D eigenvalue weighted by Gasteiger charge is 2.55. The van der Waals surface area contributed by atoms with E-state index >= 15 is 0 Å². The van der Waals surface area contributed by atoms with E-state index in [1.807, 2.05) is 30.4 Å². The standard InChI is InChI=1S/C28H30N4O3Si/c1-5-17-28(18-16-23(34-28)32-20-31-24-25(32)29-19-30-26(24)33)35-36(27(2,3)4,21-12-8-6-9-13-21)22-14-10-7-11-15-22/h5-16,18-20,23H,1,17H2,2-4H3,(H,29,30,33)/t23-,28-/m1/s1. The molecule has 0 radical (unpaired) electrons. The maximum atomic E-state index is 12.2. The van der Waals surface area contributed by atoms with Gasteiger partial charge in [0.05, 0.1) is 12.7 Å². The van der Waals surface area contributed by atoms with Crippen molar-refractivity contribution >= 4 is 29.9 Å². The van der Waals surface area contributed by atoms with Crippen LogP contribution in [0, 0.1) is 0 Å². The predicted molar refractivity (Wildman–Crippen MR) is 144 cm³/mol. The molecule has 2 aromatic heterocycles. The summed E-state index contributed by atoms with van der Waals surface area (Å²) in [6.45, 7) is 10.7. The third-order valence-corrected chi connectivity index (χ3v) is 11.7. The zero-order valence-electron chi connectivity index (χ0n) is 20.7. The van der Waals surface area contributed by atoms with Crippen molar-refractivity contribution in [3.8, 4) is 0 Å². The summed E-state index contributed by atoms with van der Waals surface area (Å²) >= 11 is 0. The molecule has 8 heteroatoms. The van der Waals surface area contributed by atoms with Gasteiger partial charge in [0.2, 0.25) is 0 Å². The fraction of sp³-hybridized carbons (Fsp3) is 0.250. The van der Waals surface area contributed by atoms with Crippen LogP contribution < -0.4 is 15.9 Å². The van der Waals surface area contributed by atoms with E-state index in [2.05, 4.69) is 90.8 Å². The monoisotopic (exact) mass is 498 g/mol. The molecule has 3 heterocycles. The number of hydrogen-bond donors (Lipinski definition) is 1. The summed E-state index contributed by atoms with van der Waals surface area (Å²) < 4.78 is 15.8. The average Bonchev–Trinajstić information content (AvgIpc) is 3.49. The Balaban J connectivity index is 1.63. The first kappa shape index (κ1) is 24.1. The van der Waals surface area contributed by atoms with Crippen molar-refractivity contribution in [2.75, 3.05) is 0 Å². The summed E-state index contributed by atoms with van der Waals surface area (Å²) in [5, 5.41) is 2.10. The molecule has 36 heavy (non-hydrogen) atoms. The number of nitrogens with zero attached hydrogens (tertiary/aromatic N) is 3. The number of fused-ring (bicyclic) bond motifs is 1. The number of H-pyrrole nitrogens is 1. The number of benzene rings is 2. The molecule has 0 unspecified atom stereocenters. The molecule has 1 aliphatic heterocycles. The van der Waals surface area contributed by atoms with Crippen LogP contribution in [0.1, 0.15) is 33.4 Å². The highest BCUT2D eigenvalue weighted by atomic mass is 28.4. The molecule has 1 N–H and O–H groups in total. The van der Waals surface area contributed by atoms with Crippen molar-refractivity contribution in [2.24, 2.45) is 0 Å². The Labute approximate surface area is 211 Å². The molecule has 5 rings (SSSR count). The first-order valence-electron chi connectivity index (χ1n) is 12.0. The summed E-state index contributed by atoms with van der Waals surface area (Å²) in [5.74, 6) is -1.06. The highest BCUT2D eigenvalue weighted by Crippen LogP contribution is 2.44. The molecule has 7 nitrogen and oxygen atoms in total. The maximum absolute atomic E-state index is 12.2. The molecule has 1 aliphatic rings. The van der Waals surface area contributed by atoms with Gasteiger partial charge >= 0.3 is 0 Å². The number of nitrogens with one attached hydrogen (secondary N) is 1. The second-order valence-electron chi connectivity index (χ2n) is 9.99. The van der Waals surface area contributed by atoms with Crippen LogP contribution in [0.5, 0.6) is 0 Å². The number of imidazole rings is 1. The van der Waals surface area contributed by atoms with Gasteiger partial charge in [-0.15, -0.1) is 6.58 Å². The van der Waals surface area contributed by atoms with Crippen molar-refractivity contribution in [1.82, 2.24) is 19.5 Å². The Morgan fingerprint density at radius 3 is 2.33 bits per heavy atom. The molecule has 2 aromatic carbocycles. The Kier molecular flexibility index (Phi) is 6.11. The van der Waals surface area contributed by atoms with Gasteiger partial charge < -0.3 is 14.1 Å². The van der Waals surface area contributed by atoms with Crippen molar-refractivity contribution in [3.63, 3.8) is 0 Å². The lowest BCUT2D eigenvalue weighted by Gasteiger charge is -2.47. The van der Waals surface area contributed by atoms with E-state index in [-0.39, 0.29) is 16.1 Å². The van der Waals surface area contributed by atoms with Gasteiger partial charge in [-0.2, -0.15) is 0 Å². The number of aromatic amines is 1. The predicted octanol–water partition coefficient (Wildman–Crippen LogP) is 4.05. The highest BCUT2D eigenvalue weighted by molar-refractivity contribution is 6.99. The molecule has 0 saturated heterocycles. The smallest absolute Gasteiger partial charge is 0.278 e. The normalized spacial score (nSPS) is 20.1. The largest absolute Gasteiger partial charge is 0.377 e. The lowest BCUT2D eigenvalue weighted by atomic mass is 10.2.